The van der Waals surface area contributed by atoms with Crippen molar-refractivity contribution in [2.24, 2.45) is 5.73 Å². The predicted octanol–water partition coefficient (Wildman–Crippen LogP) is 2.48. The summed E-state index contributed by atoms with van der Waals surface area (Å²) in [5, 5.41) is 10.7. The Kier molecular flexibility index (Phi) is 3.21. The molecule has 0 spiro atoms. The lowest BCUT2D eigenvalue weighted by Crippen LogP contribution is -2.08. The van der Waals surface area contributed by atoms with Crippen LogP contribution in [0.5, 0.6) is 0 Å². The van der Waals surface area contributed by atoms with Crippen LogP contribution in [0, 0.1) is 0 Å². The first-order valence-electron chi connectivity index (χ1n) is 5.33. The molecule has 0 heterocycles. The number of carboxylic acid groups (broad SMARTS) is 1. The minimum absolute atomic E-state index is 0.405. The molecule has 17 heavy (non-hydrogen) atoms. The van der Waals surface area contributed by atoms with E-state index in [0.717, 1.165) is 22.4 Å². The Balaban J connectivity index is 2.44. The van der Waals surface area contributed by atoms with Crippen LogP contribution in [0.3, 0.4) is 0 Å². The number of rotatable bonds is 3. The van der Waals surface area contributed by atoms with Crippen LogP contribution in [0.4, 0.5) is 0 Å². The first-order valence-corrected chi connectivity index (χ1v) is 5.33. The number of nitrogens with two attached hydrogens (primary N) is 1. The summed E-state index contributed by atoms with van der Waals surface area (Å²) < 4.78 is 0. The maximum absolute atomic E-state index is 10.5. The molecule has 1 unspecified atom stereocenters. The Morgan fingerprint density at radius 3 is 2.65 bits per heavy atom. The van der Waals surface area contributed by atoms with E-state index >= 15 is 0 Å². The third-order valence-corrected chi connectivity index (χ3v) is 2.63. The van der Waals surface area contributed by atoms with E-state index in [-0.39, 0.29) is 0 Å². The van der Waals surface area contributed by atoms with E-state index in [1.54, 1.807) is 0 Å². The largest absolute Gasteiger partial charge is 0.478 e. The molecular formula is C14H13NO2. The van der Waals surface area contributed by atoms with Crippen LogP contribution >= 0.6 is 0 Å². The third kappa shape index (κ3) is 2.52. The number of fused-ring (bicyclic) bond motifs is 1. The van der Waals surface area contributed by atoms with E-state index in [1.165, 1.54) is 6.08 Å². The summed E-state index contributed by atoms with van der Waals surface area (Å²) in [4.78, 5) is 10.5. The first-order chi connectivity index (χ1) is 8.18. The fraction of sp³-hybridized carbons (Fsp3) is 0.0714. The second-order valence-electron chi connectivity index (χ2n) is 3.79. The van der Waals surface area contributed by atoms with E-state index in [1.807, 2.05) is 42.5 Å². The molecule has 3 N–H and O–H groups in total. The summed E-state index contributed by atoms with van der Waals surface area (Å²) in [6.07, 6.45) is 2.57. The lowest BCUT2D eigenvalue weighted by Gasteiger charge is -2.10. The van der Waals surface area contributed by atoms with Gasteiger partial charge in [0.25, 0.3) is 0 Å². The van der Waals surface area contributed by atoms with Gasteiger partial charge in [-0.15, -0.1) is 0 Å². The SMILES string of the molecule is NC(/C=C/C(=O)O)c1cccc2ccccc12. The standard InChI is InChI=1S/C14H13NO2/c15-13(8-9-14(16)17)12-7-3-5-10-4-1-2-6-11(10)12/h1-9,13H,15H2,(H,16,17)/b9-8+. The quantitative estimate of drug-likeness (QED) is 0.792. The first kappa shape index (κ1) is 11.4. The van der Waals surface area contributed by atoms with E-state index in [9.17, 15) is 4.79 Å². The maximum Gasteiger partial charge on any atom is 0.328 e. The zero-order valence-electron chi connectivity index (χ0n) is 9.21. The average molecular weight is 227 g/mol. The number of aliphatic carboxylic acids is 1. The predicted molar refractivity (Wildman–Crippen MR) is 67.7 cm³/mol. The number of carboxylic acids is 1. The minimum Gasteiger partial charge on any atom is -0.478 e. The van der Waals surface area contributed by atoms with Gasteiger partial charge in [0, 0.05) is 12.1 Å². The minimum atomic E-state index is -0.985. The summed E-state index contributed by atoms with van der Waals surface area (Å²) in [6, 6.07) is 13.3. The van der Waals surface area contributed by atoms with Crippen molar-refractivity contribution in [1.29, 1.82) is 0 Å². The van der Waals surface area contributed by atoms with Crippen molar-refractivity contribution in [3.63, 3.8) is 0 Å². The van der Waals surface area contributed by atoms with Crippen LogP contribution in [0.15, 0.2) is 54.6 Å². The molecule has 0 aliphatic carbocycles. The van der Waals surface area contributed by atoms with Gasteiger partial charge >= 0.3 is 5.97 Å². The van der Waals surface area contributed by atoms with E-state index in [2.05, 4.69) is 0 Å². The smallest absolute Gasteiger partial charge is 0.328 e. The number of hydrogen-bond donors (Lipinski definition) is 2. The molecule has 2 aromatic carbocycles. The highest BCUT2D eigenvalue weighted by Crippen LogP contribution is 2.23. The Labute approximate surface area is 99.2 Å². The van der Waals surface area contributed by atoms with Gasteiger partial charge in [-0.2, -0.15) is 0 Å². The fourth-order valence-electron chi connectivity index (χ4n) is 1.83. The average Bonchev–Trinajstić information content (AvgIpc) is 2.35. The van der Waals surface area contributed by atoms with Gasteiger partial charge in [-0.1, -0.05) is 48.5 Å². The Morgan fingerprint density at radius 1 is 1.18 bits per heavy atom. The molecule has 0 saturated carbocycles. The topological polar surface area (TPSA) is 63.3 Å². The second-order valence-corrected chi connectivity index (χ2v) is 3.79. The molecule has 0 bridgehead atoms. The lowest BCUT2D eigenvalue weighted by molar-refractivity contribution is -0.131. The molecule has 0 fully saturated rings. The zero-order valence-corrected chi connectivity index (χ0v) is 9.21. The van der Waals surface area contributed by atoms with Crippen molar-refractivity contribution < 1.29 is 9.90 Å². The monoisotopic (exact) mass is 227 g/mol. The van der Waals surface area contributed by atoms with Gasteiger partial charge in [-0.05, 0) is 16.3 Å². The molecule has 2 aromatic rings. The number of hydrogen-bond acceptors (Lipinski definition) is 2. The summed E-state index contributed by atoms with van der Waals surface area (Å²) in [6.45, 7) is 0. The van der Waals surface area contributed by atoms with Gasteiger partial charge in [0.1, 0.15) is 0 Å². The molecule has 0 radical (unpaired) electrons. The van der Waals surface area contributed by atoms with Crippen LogP contribution in [0.25, 0.3) is 10.8 Å². The van der Waals surface area contributed by atoms with Crippen LogP contribution < -0.4 is 5.73 Å². The molecule has 0 aromatic heterocycles. The second kappa shape index (κ2) is 4.80. The Bertz CT molecular complexity index is 570. The Hall–Kier alpha value is -2.13. The van der Waals surface area contributed by atoms with Crippen LogP contribution in [-0.4, -0.2) is 11.1 Å². The highest BCUT2D eigenvalue weighted by Gasteiger charge is 2.06. The number of benzene rings is 2. The van der Waals surface area contributed by atoms with Gasteiger partial charge in [0.2, 0.25) is 0 Å². The number of carbonyl (C=O) groups is 1. The van der Waals surface area contributed by atoms with E-state index in [0.29, 0.717) is 0 Å². The van der Waals surface area contributed by atoms with Crippen LogP contribution in [0.1, 0.15) is 11.6 Å². The molecule has 3 nitrogen and oxygen atoms in total. The van der Waals surface area contributed by atoms with Gasteiger partial charge in [-0.25, -0.2) is 4.79 Å². The molecule has 0 saturated heterocycles. The summed E-state index contributed by atoms with van der Waals surface area (Å²) in [7, 11) is 0. The molecule has 1 atom stereocenters. The van der Waals surface area contributed by atoms with Crippen molar-refractivity contribution in [1.82, 2.24) is 0 Å². The molecule has 2 rings (SSSR count). The van der Waals surface area contributed by atoms with Crippen molar-refractivity contribution in [2.75, 3.05) is 0 Å². The fourth-order valence-corrected chi connectivity index (χ4v) is 1.83. The molecule has 0 aliphatic rings. The van der Waals surface area contributed by atoms with Gasteiger partial charge in [0.15, 0.2) is 0 Å². The van der Waals surface area contributed by atoms with Crippen molar-refractivity contribution in [3.05, 3.63) is 60.2 Å². The zero-order chi connectivity index (χ0) is 12.3. The van der Waals surface area contributed by atoms with E-state index in [4.69, 9.17) is 10.8 Å². The van der Waals surface area contributed by atoms with Gasteiger partial charge in [-0.3, -0.25) is 0 Å². The van der Waals surface area contributed by atoms with Gasteiger partial charge < -0.3 is 10.8 Å². The Morgan fingerprint density at radius 2 is 1.88 bits per heavy atom. The van der Waals surface area contributed by atoms with Gasteiger partial charge in [0.05, 0.1) is 0 Å². The van der Waals surface area contributed by atoms with Crippen molar-refractivity contribution in [2.45, 2.75) is 6.04 Å². The van der Waals surface area contributed by atoms with Crippen molar-refractivity contribution in [3.8, 4) is 0 Å². The van der Waals surface area contributed by atoms with E-state index < -0.39 is 12.0 Å². The normalized spacial score (nSPS) is 13.0. The van der Waals surface area contributed by atoms with Crippen LogP contribution in [0.2, 0.25) is 0 Å². The van der Waals surface area contributed by atoms with Crippen LogP contribution in [-0.2, 0) is 4.79 Å². The highest BCUT2D eigenvalue weighted by atomic mass is 16.4. The molecule has 0 amide bonds. The summed E-state index contributed by atoms with van der Waals surface area (Å²) in [5.41, 5.74) is 6.89. The molecule has 86 valence electrons. The summed E-state index contributed by atoms with van der Waals surface area (Å²) in [5.74, 6) is -0.985. The van der Waals surface area contributed by atoms with Crippen molar-refractivity contribution >= 4 is 16.7 Å². The lowest BCUT2D eigenvalue weighted by atomic mass is 9.99. The molecule has 0 aliphatic heterocycles. The third-order valence-electron chi connectivity index (χ3n) is 2.63. The molecule has 3 heteroatoms. The highest BCUT2D eigenvalue weighted by molar-refractivity contribution is 5.86. The molecular weight excluding hydrogens is 214 g/mol. The maximum atomic E-state index is 10.5. The summed E-state index contributed by atoms with van der Waals surface area (Å²) >= 11 is 0.